The van der Waals surface area contributed by atoms with Gasteiger partial charge in [0.05, 0.1) is 0 Å². The first kappa shape index (κ1) is 22.5. The molecule has 2 fully saturated rings. The Kier molecular flexibility index (Phi) is 5.94. The molecule has 1 saturated carbocycles. The van der Waals surface area contributed by atoms with Crippen molar-refractivity contribution in [3.63, 3.8) is 0 Å². The van der Waals surface area contributed by atoms with Crippen LogP contribution < -0.4 is 0 Å². The molecule has 1 saturated heterocycles. The molecule has 3 unspecified atom stereocenters. The third-order valence-electron chi connectivity index (χ3n) is 9.06. The molecule has 35 heavy (non-hydrogen) atoms. The maximum atomic E-state index is 12.7. The van der Waals surface area contributed by atoms with Gasteiger partial charge in [0.1, 0.15) is 0 Å². The second-order valence-corrected chi connectivity index (χ2v) is 11.0. The van der Waals surface area contributed by atoms with E-state index in [1.807, 2.05) is 42.5 Å². The van der Waals surface area contributed by atoms with Crippen molar-refractivity contribution in [3.05, 3.63) is 113 Å². The van der Waals surface area contributed by atoms with Gasteiger partial charge in [-0.15, -0.1) is 0 Å². The highest BCUT2D eigenvalue weighted by molar-refractivity contribution is 5.97. The minimum atomic E-state index is 0.200. The average Bonchev–Trinajstić information content (AvgIpc) is 3.53. The molecule has 0 amide bonds. The van der Waals surface area contributed by atoms with Crippen LogP contribution in [0.4, 0.5) is 0 Å². The van der Waals surface area contributed by atoms with Crippen molar-refractivity contribution in [2.75, 3.05) is 13.1 Å². The van der Waals surface area contributed by atoms with Crippen LogP contribution in [0.1, 0.15) is 71.1 Å². The van der Waals surface area contributed by atoms with E-state index in [0.717, 1.165) is 11.1 Å². The lowest BCUT2D eigenvalue weighted by atomic mass is 9.68. The van der Waals surface area contributed by atoms with Crippen LogP contribution >= 0.6 is 0 Å². The Bertz CT molecular complexity index is 1230. The van der Waals surface area contributed by atoms with Crippen molar-refractivity contribution in [3.8, 4) is 0 Å². The third-order valence-corrected chi connectivity index (χ3v) is 9.06. The first-order chi connectivity index (χ1) is 17.1. The van der Waals surface area contributed by atoms with Gasteiger partial charge in [0.15, 0.2) is 5.78 Å². The summed E-state index contributed by atoms with van der Waals surface area (Å²) < 4.78 is 0. The van der Waals surface area contributed by atoms with Gasteiger partial charge in [-0.1, -0.05) is 97.9 Å². The van der Waals surface area contributed by atoms with Gasteiger partial charge in [-0.05, 0) is 66.3 Å². The second kappa shape index (κ2) is 9.24. The zero-order valence-corrected chi connectivity index (χ0v) is 20.7. The predicted octanol–water partition coefficient (Wildman–Crippen LogP) is 7.05. The van der Waals surface area contributed by atoms with Crippen molar-refractivity contribution in [2.45, 2.75) is 56.4 Å². The van der Waals surface area contributed by atoms with Crippen LogP contribution in [-0.4, -0.2) is 29.8 Å². The molecule has 0 radical (unpaired) electrons. The summed E-state index contributed by atoms with van der Waals surface area (Å²) in [7, 11) is 0. The van der Waals surface area contributed by atoms with E-state index in [-0.39, 0.29) is 11.2 Å². The molecule has 3 aromatic rings. The molecule has 2 aliphatic carbocycles. The van der Waals surface area contributed by atoms with Gasteiger partial charge in [0.2, 0.25) is 0 Å². The van der Waals surface area contributed by atoms with Crippen LogP contribution in [-0.2, 0) is 11.8 Å². The first-order valence-electron chi connectivity index (χ1n) is 13.3. The third kappa shape index (κ3) is 4.19. The Morgan fingerprint density at radius 1 is 0.943 bits per heavy atom. The molecule has 6 rings (SSSR count). The second-order valence-electron chi connectivity index (χ2n) is 11.0. The van der Waals surface area contributed by atoms with Gasteiger partial charge in [0.25, 0.3) is 0 Å². The number of nitrogens with zero attached hydrogens (tertiary/aromatic N) is 1. The Labute approximate surface area is 209 Å². The van der Waals surface area contributed by atoms with Gasteiger partial charge >= 0.3 is 0 Å². The molecule has 2 nitrogen and oxygen atoms in total. The van der Waals surface area contributed by atoms with Crippen LogP contribution in [0.5, 0.6) is 0 Å². The summed E-state index contributed by atoms with van der Waals surface area (Å²) in [5, 5.41) is 0. The molecule has 1 aliphatic heterocycles. The summed E-state index contributed by atoms with van der Waals surface area (Å²) in [5.41, 5.74) is 6.49. The number of carbonyl (C=O) groups is 1. The lowest BCUT2D eigenvalue weighted by Gasteiger charge is -2.46. The molecule has 3 aromatic carbocycles. The van der Waals surface area contributed by atoms with Crippen LogP contribution in [0.3, 0.4) is 0 Å². The summed E-state index contributed by atoms with van der Waals surface area (Å²) in [6.45, 7) is 4.83. The molecule has 0 bridgehead atoms. The maximum absolute atomic E-state index is 12.7. The number of hydrogen-bond acceptors (Lipinski definition) is 2. The zero-order chi connectivity index (χ0) is 23.8. The Morgan fingerprint density at radius 2 is 1.71 bits per heavy atom. The normalized spacial score (nSPS) is 27.9. The molecule has 3 aliphatic rings. The van der Waals surface area contributed by atoms with Gasteiger partial charge in [-0.3, -0.25) is 4.79 Å². The van der Waals surface area contributed by atoms with Crippen molar-refractivity contribution in [1.29, 1.82) is 0 Å². The van der Waals surface area contributed by atoms with Crippen LogP contribution in [0.2, 0.25) is 0 Å². The van der Waals surface area contributed by atoms with E-state index in [0.29, 0.717) is 24.3 Å². The smallest absolute Gasteiger partial charge is 0.167 e. The lowest BCUT2D eigenvalue weighted by molar-refractivity contribution is 0.0898. The largest absolute Gasteiger partial charge is 0.300 e. The van der Waals surface area contributed by atoms with Crippen LogP contribution in [0.25, 0.3) is 6.08 Å². The van der Waals surface area contributed by atoms with Crippen molar-refractivity contribution in [1.82, 2.24) is 4.90 Å². The van der Waals surface area contributed by atoms with Gasteiger partial charge < -0.3 is 4.90 Å². The zero-order valence-electron chi connectivity index (χ0n) is 20.7. The molecule has 2 heteroatoms. The molecule has 4 atom stereocenters. The molecule has 1 spiro atoms. The number of hydrogen-bond donors (Lipinski definition) is 0. The van der Waals surface area contributed by atoms with Crippen LogP contribution in [0.15, 0.2) is 84.9 Å². The Morgan fingerprint density at radius 3 is 2.51 bits per heavy atom. The fourth-order valence-corrected chi connectivity index (χ4v) is 6.97. The lowest BCUT2D eigenvalue weighted by Crippen LogP contribution is -2.50. The molecule has 0 aromatic heterocycles. The molecule has 178 valence electrons. The monoisotopic (exact) mass is 461 g/mol. The van der Waals surface area contributed by atoms with Crippen LogP contribution in [0, 0.1) is 5.92 Å². The average molecular weight is 462 g/mol. The SMILES string of the molecule is C[C@H]1CN(C2CCC(c3ccc(C(=O)Cc4ccccc4)cc3)C2)CCC12C=Cc1ccccc12. The molecular weight excluding hydrogens is 426 g/mol. The van der Waals surface area contributed by atoms with E-state index in [1.165, 1.54) is 49.9 Å². The number of likely N-dealkylation sites (tertiary alicyclic amines) is 1. The Balaban J connectivity index is 1.08. The summed E-state index contributed by atoms with van der Waals surface area (Å²) in [5.74, 6) is 1.44. The first-order valence-corrected chi connectivity index (χ1v) is 13.3. The molecular formula is C33H35NO. The number of carbonyl (C=O) groups excluding carboxylic acids is 1. The topological polar surface area (TPSA) is 20.3 Å². The fraction of sp³-hybridized carbons (Fsp3) is 0.364. The maximum Gasteiger partial charge on any atom is 0.167 e. The van der Waals surface area contributed by atoms with Gasteiger partial charge in [0, 0.05) is 30.0 Å². The highest BCUT2D eigenvalue weighted by atomic mass is 16.1. The summed E-state index contributed by atoms with van der Waals surface area (Å²) in [6.07, 6.45) is 10.3. The highest BCUT2D eigenvalue weighted by Crippen LogP contribution is 2.48. The van der Waals surface area contributed by atoms with E-state index in [2.05, 4.69) is 60.4 Å². The van der Waals surface area contributed by atoms with E-state index < -0.39 is 0 Å². The molecule has 1 heterocycles. The predicted molar refractivity (Wildman–Crippen MR) is 144 cm³/mol. The van der Waals surface area contributed by atoms with Crippen molar-refractivity contribution < 1.29 is 4.79 Å². The number of Topliss-reactive ketones (excluding diaryl/α,β-unsaturated/α-hetero) is 1. The molecule has 0 N–H and O–H groups in total. The summed E-state index contributed by atoms with van der Waals surface area (Å²) in [6, 6.07) is 28.2. The number of piperidine rings is 1. The number of fused-ring (bicyclic) bond motifs is 2. The summed E-state index contributed by atoms with van der Waals surface area (Å²) >= 11 is 0. The van der Waals surface area contributed by atoms with Gasteiger partial charge in [-0.25, -0.2) is 0 Å². The fourth-order valence-electron chi connectivity index (χ4n) is 6.97. The quantitative estimate of drug-likeness (QED) is 0.379. The van der Waals surface area contributed by atoms with E-state index >= 15 is 0 Å². The van der Waals surface area contributed by atoms with Crippen molar-refractivity contribution >= 4 is 11.9 Å². The number of allylic oxidation sites excluding steroid dienone is 1. The summed E-state index contributed by atoms with van der Waals surface area (Å²) in [4.78, 5) is 15.5. The number of ketones is 1. The number of rotatable bonds is 5. The highest BCUT2D eigenvalue weighted by Gasteiger charge is 2.45. The van der Waals surface area contributed by atoms with E-state index in [4.69, 9.17) is 0 Å². The minimum absolute atomic E-state index is 0.200. The Hall–Kier alpha value is -2.97. The van der Waals surface area contributed by atoms with Gasteiger partial charge in [-0.2, -0.15) is 0 Å². The van der Waals surface area contributed by atoms with E-state index in [1.54, 1.807) is 5.56 Å². The minimum Gasteiger partial charge on any atom is -0.300 e. The van der Waals surface area contributed by atoms with Crippen molar-refractivity contribution in [2.24, 2.45) is 5.92 Å². The standard InChI is InChI=1S/C33H35NO/c1-24-23-34(20-19-33(24)18-17-27-9-5-6-10-31(27)33)30-16-15-29(22-30)26-11-13-28(14-12-26)32(35)21-25-7-3-2-4-8-25/h2-14,17-18,24,29-30H,15-16,19-23H2,1H3/t24-,29?,30?,33?/m0/s1. The van der Waals surface area contributed by atoms with E-state index in [9.17, 15) is 4.79 Å². The number of benzene rings is 3.